The quantitative estimate of drug-likeness (QED) is 0.795. The third-order valence-corrected chi connectivity index (χ3v) is 2.85. The summed E-state index contributed by atoms with van der Waals surface area (Å²) < 4.78 is 25.7. The fourth-order valence-electron chi connectivity index (χ4n) is 1.79. The minimum Gasteiger partial charge on any atom is -0.352 e. The van der Waals surface area contributed by atoms with Crippen LogP contribution < -0.4 is 5.32 Å². The zero-order valence-corrected chi connectivity index (χ0v) is 10.7. The molecular weight excluding hydrogens is 238 g/mol. The predicted octanol–water partition coefficient (Wildman–Crippen LogP) is 2.92. The molecule has 0 aliphatic heterocycles. The van der Waals surface area contributed by atoms with Gasteiger partial charge in [-0.15, -0.1) is 0 Å². The fraction of sp³-hybridized carbons (Fsp3) is 0.538. The second-order valence-corrected chi connectivity index (χ2v) is 4.27. The number of halogens is 2. The molecular formula is C13H18F2N2O. The zero-order valence-electron chi connectivity index (χ0n) is 10.7. The van der Waals surface area contributed by atoms with Crippen LogP contribution >= 0.6 is 0 Å². The number of aromatic nitrogens is 1. The number of hydrogen-bond acceptors (Lipinski definition) is 2. The summed E-state index contributed by atoms with van der Waals surface area (Å²) in [5, 5.41) is 2.69. The summed E-state index contributed by atoms with van der Waals surface area (Å²) in [5.41, 5.74) is -0.0358. The van der Waals surface area contributed by atoms with Crippen molar-refractivity contribution in [2.75, 3.05) is 6.54 Å². The lowest BCUT2D eigenvalue weighted by Gasteiger charge is -2.14. The maximum atomic E-state index is 12.8. The Morgan fingerprint density at radius 3 is 2.44 bits per heavy atom. The monoisotopic (exact) mass is 256 g/mol. The molecule has 1 aromatic rings. The number of pyridine rings is 1. The van der Waals surface area contributed by atoms with Crippen LogP contribution in [0.5, 0.6) is 0 Å². The maximum absolute atomic E-state index is 12.8. The summed E-state index contributed by atoms with van der Waals surface area (Å²) >= 11 is 0. The zero-order chi connectivity index (χ0) is 13.5. The molecule has 100 valence electrons. The standard InChI is InChI=1S/C13H18F2N2O/c1-3-5-9(4-2)8-16-13(18)10-6-11(14)17-12(15)7-10/h6-7,9H,3-5,8H2,1-2H3,(H,16,18). The first-order chi connectivity index (χ1) is 8.56. The number of hydrogen-bond donors (Lipinski definition) is 1. The van der Waals surface area contributed by atoms with Gasteiger partial charge in [-0.25, -0.2) is 0 Å². The van der Waals surface area contributed by atoms with Crippen LogP contribution in [-0.2, 0) is 0 Å². The Hall–Kier alpha value is -1.52. The van der Waals surface area contributed by atoms with Crippen LogP contribution in [0.3, 0.4) is 0 Å². The molecule has 0 aliphatic rings. The molecule has 0 aromatic carbocycles. The number of nitrogens with zero attached hydrogens (tertiary/aromatic N) is 1. The molecule has 1 heterocycles. The molecule has 1 amide bonds. The van der Waals surface area contributed by atoms with E-state index in [1.807, 2.05) is 0 Å². The molecule has 5 heteroatoms. The number of carbonyl (C=O) groups is 1. The minimum atomic E-state index is -0.985. The molecule has 1 unspecified atom stereocenters. The van der Waals surface area contributed by atoms with Gasteiger partial charge in [0.2, 0.25) is 11.9 Å². The number of carbonyl (C=O) groups excluding carboxylic acids is 1. The minimum absolute atomic E-state index is 0.0358. The van der Waals surface area contributed by atoms with E-state index in [4.69, 9.17) is 0 Å². The van der Waals surface area contributed by atoms with Gasteiger partial charge in [0.15, 0.2) is 0 Å². The maximum Gasteiger partial charge on any atom is 0.251 e. The van der Waals surface area contributed by atoms with Crippen molar-refractivity contribution >= 4 is 5.91 Å². The Morgan fingerprint density at radius 1 is 1.33 bits per heavy atom. The molecule has 1 N–H and O–H groups in total. The molecule has 1 aromatic heterocycles. The molecule has 18 heavy (non-hydrogen) atoms. The van der Waals surface area contributed by atoms with Crippen molar-refractivity contribution in [2.45, 2.75) is 33.1 Å². The van der Waals surface area contributed by atoms with Gasteiger partial charge in [0.1, 0.15) is 0 Å². The molecule has 0 spiro atoms. The SMILES string of the molecule is CCCC(CC)CNC(=O)c1cc(F)nc(F)c1. The average Bonchev–Trinajstić information content (AvgIpc) is 2.32. The molecule has 0 bridgehead atoms. The van der Waals surface area contributed by atoms with E-state index in [0.29, 0.717) is 12.5 Å². The van der Waals surface area contributed by atoms with E-state index in [1.54, 1.807) is 0 Å². The summed E-state index contributed by atoms with van der Waals surface area (Å²) in [7, 11) is 0. The van der Waals surface area contributed by atoms with Gasteiger partial charge in [0, 0.05) is 24.2 Å². The highest BCUT2D eigenvalue weighted by atomic mass is 19.1. The molecule has 3 nitrogen and oxygen atoms in total. The largest absolute Gasteiger partial charge is 0.352 e. The third kappa shape index (κ3) is 4.39. The summed E-state index contributed by atoms with van der Waals surface area (Å²) in [6, 6.07) is 1.86. The van der Waals surface area contributed by atoms with Crippen LogP contribution in [0.2, 0.25) is 0 Å². The molecule has 0 saturated carbocycles. The van der Waals surface area contributed by atoms with Crippen LogP contribution in [0.1, 0.15) is 43.5 Å². The Bertz CT molecular complexity index is 390. The van der Waals surface area contributed by atoms with Crippen molar-refractivity contribution in [3.63, 3.8) is 0 Å². The van der Waals surface area contributed by atoms with Crippen LogP contribution in [0, 0.1) is 17.8 Å². The first kappa shape index (κ1) is 14.5. The first-order valence-corrected chi connectivity index (χ1v) is 6.18. The van der Waals surface area contributed by atoms with E-state index in [-0.39, 0.29) is 5.56 Å². The molecule has 0 saturated heterocycles. The van der Waals surface area contributed by atoms with Crippen molar-refractivity contribution in [1.29, 1.82) is 0 Å². The molecule has 0 radical (unpaired) electrons. The summed E-state index contributed by atoms with van der Waals surface area (Å²) in [6.45, 7) is 4.66. The van der Waals surface area contributed by atoms with Crippen molar-refractivity contribution in [1.82, 2.24) is 10.3 Å². The number of amides is 1. The normalized spacial score (nSPS) is 12.2. The van der Waals surface area contributed by atoms with Crippen LogP contribution in [0.4, 0.5) is 8.78 Å². The van der Waals surface area contributed by atoms with Gasteiger partial charge < -0.3 is 5.32 Å². The highest BCUT2D eigenvalue weighted by molar-refractivity contribution is 5.94. The van der Waals surface area contributed by atoms with E-state index in [9.17, 15) is 13.6 Å². The highest BCUT2D eigenvalue weighted by Crippen LogP contribution is 2.10. The second kappa shape index (κ2) is 7.03. The predicted molar refractivity (Wildman–Crippen MR) is 65.2 cm³/mol. The van der Waals surface area contributed by atoms with Crippen molar-refractivity contribution in [2.24, 2.45) is 5.92 Å². The van der Waals surface area contributed by atoms with E-state index in [2.05, 4.69) is 24.1 Å². The molecule has 0 aliphatic carbocycles. The highest BCUT2D eigenvalue weighted by Gasteiger charge is 2.12. The van der Waals surface area contributed by atoms with Gasteiger partial charge in [-0.1, -0.05) is 26.7 Å². The lowest BCUT2D eigenvalue weighted by Crippen LogP contribution is -2.29. The van der Waals surface area contributed by atoms with Gasteiger partial charge in [-0.3, -0.25) is 4.79 Å². The first-order valence-electron chi connectivity index (χ1n) is 6.18. The van der Waals surface area contributed by atoms with Gasteiger partial charge >= 0.3 is 0 Å². The molecule has 1 atom stereocenters. The number of nitrogens with one attached hydrogen (secondary N) is 1. The van der Waals surface area contributed by atoms with Gasteiger partial charge in [-0.05, 0) is 12.3 Å². The average molecular weight is 256 g/mol. The van der Waals surface area contributed by atoms with E-state index >= 15 is 0 Å². The van der Waals surface area contributed by atoms with Gasteiger partial charge in [-0.2, -0.15) is 13.8 Å². The van der Waals surface area contributed by atoms with E-state index in [1.165, 1.54) is 0 Å². The van der Waals surface area contributed by atoms with Crippen LogP contribution in [0.15, 0.2) is 12.1 Å². The van der Waals surface area contributed by atoms with Crippen LogP contribution in [-0.4, -0.2) is 17.4 Å². The van der Waals surface area contributed by atoms with E-state index in [0.717, 1.165) is 31.4 Å². The summed E-state index contributed by atoms with van der Waals surface area (Å²) in [6.07, 6.45) is 3.04. The van der Waals surface area contributed by atoms with Gasteiger partial charge in [0.05, 0.1) is 0 Å². The topological polar surface area (TPSA) is 42.0 Å². The lowest BCUT2D eigenvalue weighted by atomic mass is 10.0. The fourth-order valence-corrected chi connectivity index (χ4v) is 1.79. The van der Waals surface area contributed by atoms with Crippen LogP contribution in [0.25, 0.3) is 0 Å². The second-order valence-electron chi connectivity index (χ2n) is 4.27. The molecule has 0 fully saturated rings. The summed E-state index contributed by atoms with van der Waals surface area (Å²) in [5.74, 6) is -2.04. The lowest BCUT2D eigenvalue weighted by molar-refractivity contribution is 0.0944. The Balaban J connectivity index is 2.59. The Kier molecular flexibility index (Phi) is 5.68. The molecule has 1 rings (SSSR count). The number of rotatable bonds is 6. The van der Waals surface area contributed by atoms with Crippen molar-refractivity contribution in [3.05, 3.63) is 29.6 Å². The Morgan fingerprint density at radius 2 is 1.94 bits per heavy atom. The van der Waals surface area contributed by atoms with Gasteiger partial charge in [0.25, 0.3) is 5.91 Å². The van der Waals surface area contributed by atoms with E-state index < -0.39 is 17.8 Å². The smallest absolute Gasteiger partial charge is 0.251 e. The van der Waals surface area contributed by atoms with Crippen molar-refractivity contribution < 1.29 is 13.6 Å². The summed E-state index contributed by atoms with van der Waals surface area (Å²) in [4.78, 5) is 14.6. The third-order valence-electron chi connectivity index (χ3n) is 2.85. The van der Waals surface area contributed by atoms with Crippen molar-refractivity contribution in [3.8, 4) is 0 Å². The Labute approximate surface area is 106 Å².